The molecule has 0 saturated carbocycles. The fourth-order valence-corrected chi connectivity index (χ4v) is 1.28. The summed E-state index contributed by atoms with van der Waals surface area (Å²) >= 11 is 5.49. The van der Waals surface area contributed by atoms with E-state index in [2.05, 4.69) is 4.74 Å². The van der Waals surface area contributed by atoms with Crippen molar-refractivity contribution in [1.29, 1.82) is 0 Å². The van der Waals surface area contributed by atoms with Gasteiger partial charge in [-0.3, -0.25) is 0 Å². The summed E-state index contributed by atoms with van der Waals surface area (Å²) in [5, 5.41) is 7.95. The Bertz CT molecular complexity index is 434. The van der Waals surface area contributed by atoms with Gasteiger partial charge in [-0.05, 0) is 6.07 Å². The molecule has 0 heterocycles. The average molecular weight is 255 g/mol. The van der Waals surface area contributed by atoms with Crippen LogP contribution in [0.15, 0.2) is 12.1 Å². The Morgan fingerprint density at radius 1 is 1.50 bits per heavy atom. The molecule has 1 aromatic carbocycles. The van der Waals surface area contributed by atoms with Crippen molar-refractivity contribution >= 4 is 17.6 Å². The van der Waals surface area contributed by atoms with Gasteiger partial charge in [-0.25, -0.2) is 9.18 Å². The minimum atomic E-state index is -4.33. The van der Waals surface area contributed by atoms with Crippen molar-refractivity contribution in [3.8, 4) is 5.75 Å². The summed E-state index contributed by atoms with van der Waals surface area (Å²) < 4.78 is 43.8. The van der Waals surface area contributed by atoms with E-state index >= 15 is 0 Å². The van der Waals surface area contributed by atoms with E-state index in [-0.39, 0.29) is 10.8 Å². The van der Waals surface area contributed by atoms with Crippen molar-refractivity contribution < 1.29 is 27.8 Å². The summed E-state index contributed by atoms with van der Waals surface area (Å²) in [7, 11) is 1.18. The number of halogens is 4. The Balaban J connectivity index is 3.37. The van der Waals surface area contributed by atoms with Crippen LogP contribution in [0, 0.1) is 5.82 Å². The summed E-state index contributed by atoms with van der Waals surface area (Å²) in [5.74, 6) is -8.33. The lowest BCUT2D eigenvalue weighted by atomic mass is 10.1. The molecule has 16 heavy (non-hydrogen) atoms. The van der Waals surface area contributed by atoms with E-state index < -0.39 is 23.3 Å². The number of carbonyl (C=O) groups is 1. The molecular weight excluding hydrogens is 249 g/mol. The molecule has 1 N–H and O–H groups in total. The van der Waals surface area contributed by atoms with Gasteiger partial charge in [0.15, 0.2) is 0 Å². The predicted octanol–water partition coefficient (Wildman–Crippen LogP) is 2.66. The van der Waals surface area contributed by atoms with Gasteiger partial charge in [-0.2, -0.15) is 8.78 Å². The van der Waals surface area contributed by atoms with Crippen LogP contribution in [0.1, 0.15) is 5.56 Å². The van der Waals surface area contributed by atoms with Gasteiger partial charge >= 0.3 is 11.9 Å². The van der Waals surface area contributed by atoms with E-state index in [0.29, 0.717) is 12.1 Å². The van der Waals surface area contributed by atoms with Crippen molar-refractivity contribution in [2.45, 2.75) is 5.92 Å². The number of carboxylic acids is 1. The lowest BCUT2D eigenvalue weighted by Crippen LogP contribution is -2.26. The molecule has 3 nitrogen and oxygen atoms in total. The van der Waals surface area contributed by atoms with Gasteiger partial charge in [0.05, 0.1) is 17.7 Å². The first-order chi connectivity index (χ1) is 7.30. The summed E-state index contributed by atoms with van der Waals surface area (Å²) in [6, 6.07) is 1.14. The molecule has 7 heteroatoms. The zero-order chi connectivity index (χ0) is 12.5. The van der Waals surface area contributed by atoms with E-state index in [1.165, 1.54) is 7.11 Å². The van der Waals surface area contributed by atoms with Gasteiger partial charge in [-0.15, -0.1) is 0 Å². The van der Waals surface area contributed by atoms with Crippen LogP contribution in [0.4, 0.5) is 13.2 Å². The Kier molecular flexibility index (Phi) is 3.32. The van der Waals surface area contributed by atoms with Crippen molar-refractivity contribution in [3.05, 3.63) is 28.5 Å². The third-order valence-electron chi connectivity index (χ3n) is 1.85. The number of rotatable bonds is 3. The quantitative estimate of drug-likeness (QED) is 0.902. The van der Waals surface area contributed by atoms with Crippen molar-refractivity contribution in [1.82, 2.24) is 0 Å². The first kappa shape index (κ1) is 12.6. The molecule has 88 valence electrons. The van der Waals surface area contributed by atoms with Crippen LogP contribution in [0.3, 0.4) is 0 Å². The normalized spacial score (nSPS) is 11.3. The number of ether oxygens (including phenoxy) is 1. The lowest BCUT2D eigenvalue weighted by molar-refractivity contribution is -0.166. The highest BCUT2D eigenvalue weighted by Gasteiger charge is 2.43. The summed E-state index contributed by atoms with van der Waals surface area (Å²) in [6.45, 7) is 0. The highest BCUT2D eigenvalue weighted by atomic mass is 35.5. The largest absolute Gasteiger partial charge is 0.495 e. The number of aliphatic carboxylic acids is 1. The maximum atomic E-state index is 13.2. The molecule has 0 aliphatic carbocycles. The third-order valence-corrected chi connectivity index (χ3v) is 2.14. The molecular formula is C9H6ClF3O3. The monoisotopic (exact) mass is 254 g/mol. The molecule has 0 radical (unpaired) electrons. The topological polar surface area (TPSA) is 46.5 Å². The van der Waals surface area contributed by atoms with Crippen LogP contribution >= 0.6 is 11.6 Å². The molecule has 0 aromatic heterocycles. The van der Waals surface area contributed by atoms with E-state index in [1.54, 1.807) is 0 Å². The molecule has 0 aliphatic heterocycles. The number of hydrogen-bond donors (Lipinski definition) is 1. The van der Waals surface area contributed by atoms with E-state index in [1.807, 2.05) is 0 Å². The van der Waals surface area contributed by atoms with E-state index in [9.17, 15) is 18.0 Å². The molecule has 0 saturated heterocycles. The first-order valence-electron chi connectivity index (χ1n) is 3.95. The lowest BCUT2D eigenvalue weighted by Gasteiger charge is -2.14. The van der Waals surface area contributed by atoms with Crippen molar-refractivity contribution in [2.75, 3.05) is 7.11 Å². The van der Waals surface area contributed by atoms with Crippen LogP contribution in [0.25, 0.3) is 0 Å². The molecule has 0 spiro atoms. The highest BCUT2D eigenvalue weighted by Crippen LogP contribution is 2.36. The smallest absolute Gasteiger partial charge is 0.379 e. The molecule has 0 bridgehead atoms. The molecule has 0 fully saturated rings. The highest BCUT2D eigenvalue weighted by molar-refractivity contribution is 6.32. The predicted molar refractivity (Wildman–Crippen MR) is 49.5 cm³/mol. The maximum Gasteiger partial charge on any atom is 0.379 e. The van der Waals surface area contributed by atoms with Gasteiger partial charge in [0.1, 0.15) is 11.6 Å². The fraction of sp³-hybridized carbons (Fsp3) is 0.222. The van der Waals surface area contributed by atoms with E-state index in [4.69, 9.17) is 16.7 Å². The van der Waals surface area contributed by atoms with Gasteiger partial charge in [0, 0.05) is 6.07 Å². The second kappa shape index (κ2) is 4.21. The summed E-state index contributed by atoms with van der Waals surface area (Å²) in [5.41, 5.74) is -1.30. The van der Waals surface area contributed by atoms with Crippen LogP contribution < -0.4 is 4.74 Å². The molecule has 0 unspecified atom stereocenters. The van der Waals surface area contributed by atoms with Gasteiger partial charge in [0.25, 0.3) is 0 Å². The number of alkyl halides is 2. The molecule has 0 amide bonds. The molecule has 0 atom stereocenters. The Morgan fingerprint density at radius 2 is 2.06 bits per heavy atom. The summed E-state index contributed by atoms with van der Waals surface area (Å²) in [6.07, 6.45) is 0. The Morgan fingerprint density at radius 3 is 2.50 bits per heavy atom. The van der Waals surface area contributed by atoms with Crippen LogP contribution in [0.5, 0.6) is 5.75 Å². The molecule has 0 aliphatic rings. The number of carboxylic acid groups (broad SMARTS) is 1. The fourth-order valence-electron chi connectivity index (χ4n) is 1.04. The molecule has 1 aromatic rings. The van der Waals surface area contributed by atoms with Crippen molar-refractivity contribution in [2.24, 2.45) is 0 Å². The van der Waals surface area contributed by atoms with Crippen molar-refractivity contribution in [3.63, 3.8) is 0 Å². The number of benzene rings is 1. The van der Waals surface area contributed by atoms with Crippen LogP contribution in [-0.4, -0.2) is 18.2 Å². The number of hydrogen-bond acceptors (Lipinski definition) is 2. The van der Waals surface area contributed by atoms with Crippen LogP contribution in [0.2, 0.25) is 5.02 Å². The molecule has 1 rings (SSSR count). The number of methoxy groups -OCH3 is 1. The Labute approximate surface area is 93.4 Å². The Hall–Kier alpha value is -1.43. The zero-order valence-electron chi connectivity index (χ0n) is 7.93. The second-order valence-electron chi connectivity index (χ2n) is 2.85. The van der Waals surface area contributed by atoms with Crippen LogP contribution in [-0.2, 0) is 10.7 Å². The van der Waals surface area contributed by atoms with Gasteiger partial charge < -0.3 is 9.84 Å². The maximum absolute atomic E-state index is 13.2. The van der Waals surface area contributed by atoms with Gasteiger partial charge in [0.2, 0.25) is 0 Å². The zero-order valence-corrected chi connectivity index (χ0v) is 8.69. The standard InChI is InChI=1S/C9H6ClF3O3/c1-16-7-3-6(11)4(2-5(7)10)9(12,13)8(14)15/h2-3H,1H3,(H,14,15). The average Bonchev–Trinajstić information content (AvgIpc) is 2.20. The van der Waals surface area contributed by atoms with E-state index in [0.717, 1.165) is 0 Å². The minimum Gasteiger partial charge on any atom is -0.495 e. The minimum absolute atomic E-state index is 0.149. The summed E-state index contributed by atoms with van der Waals surface area (Å²) in [4.78, 5) is 10.2. The SMILES string of the molecule is COc1cc(F)c(C(F)(F)C(=O)O)cc1Cl. The van der Waals surface area contributed by atoms with Gasteiger partial charge in [-0.1, -0.05) is 11.6 Å². The first-order valence-corrected chi connectivity index (χ1v) is 4.33. The second-order valence-corrected chi connectivity index (χ2v) is 3.25. The third kappa shape index (κ3) is 2.06.